The van der Waals surface area contributed by atoms with E-state index in [4.69, 9.17) is 21.1 Å². The highest BCUT2D eigenvalue weighted by Crippen LogP contribution is 2.26. The van der Waals surface area contributed by atoms with Crippen LogP contribution in [0.2, 0.25) is 5.02 Å². The van der Waals surface area contributed by atoms with E-state index >= 15 is 0 Å². The number of methoxy groups -OCH3 is 2. The van der Waals surface area contributed by atoms with Gasteiger partial charge in [-0.2, -0.15) is 0 Å². The van der Waals surface area contributed by atoms with E-state index in [0.29, 0.717) is 44.2 Å². The van der Waals surface area contributed by atoms with Crippen LogP contribution in [0.5, 0.6) is 0 Å². The highest BCUT2D eigenvalue weighted by Gasteiger charge is 2.22. The normalized spacial score (nSPS) is 10.7. The molecule has 0 atom stereocenters. The Morgan fingerprint density at radius 1 is 1.25 bits per heavy atom. The van der Waals surface area contributed by atoms with Gasteiger partial charge in [-0.3, -0.25) is 19.7 Å². The van der Waals surface area contributed by atoms with Crippen LogP contribution in [0.25, 0.3) is 0 Å². The molecule has 0 radical (unpaired) electrons. The van der Waals surface area contributed by atoms with Crippen molar-refractivity contribution in [1.29, 1.82) is 0 Å². The molecule has 0 aliphatic heterocycles. The lowest BCUT2D eigenvalue weighted by Gasteiger charge is -2.21. The van der Waals surface area contributed by atoms with Gasteiger partial charge >= 0.3 is 0 Å². The predicted octanol–water partition coefficient (Wildman–Crippen LogP) is 3.15. The number of hydrogen-bond acceptors (Lipinski definition) is 8. The first-order chi connectivity index (χ1) is 15.4. The van der Waals surface area contributed by atoms with Crippen LogP contribution in [0.3, 0.4) is 0 Å². The quantitative estimate of drug-likeness (QED) is 0.263. The van der Waals surface area contributed by atoms with Gasteiger partial charge in [-0.1, -0.05) is 11.6 Å². The van der Waals surface area contributed by atoms with Gasteiger partial charge in [0.2, 0.25) is 0 Å². The zero-order chi connectivity index (χ0) is 23.5. The highest BCUT2D eigenvalue weighted by molar-refractivity contribution is 7.09. The number of amides is 2. The number of carbonyl (C=O) groups is 2. The summed E-state index contributed by atoms with van der Waals surface area (Å²) in [4.78, 5) is 41.7. The number of aromatic nitrogens is 1. The lowest BCUT2D eigenvalue weighted by molar-refractivity contribution is -0.384. The molecule has 10 nitrogen and oxygen atoms in total. The molecule has 0 spiro atoms. The minimum atomic E-state index is -0.632. The molecule has 2 rings (SSSR count). The van der Waals surface area contributed by atoms with Crippen LogP contribution < -0.4 is 5.32 Å². The lowest BCUT2D eigenvalue weighted by atomic mass is 10.1. The van der Waals surface area contributed by atoms with Crippen molar-refractivity contribution in [3.8, 4) is 0 Å². The third-order valence-electron chi connectivity index (χ3n) is 4.37. The Bertz CT molecular complexity index is 939. The number of nitro benzene ring substituents is 1. The third kappa shape index (κ3) is 7.52. The summed E-state index contributed by atoms with van der Waals surface area (Å²) < 4.78 is 10.0. The number of nitrogens with one attached hydrogen (secondary N) is 1. The molecule has 0 fully saturated rings. The SMILES string of the molecule is COCCCNC(=O)c1csc(CN(CCCOC)C(=O)c2ccc(Cl)c([N+](=O)[O-])c2)n1. The largest absolute Gasteiger partial charge is 0.385 e. The molecule has 174 valence electrons. The first kappa shape index (κ1) is 25.7. The first-order valence-electron chi connectivity index (χ1n) is 9.81. The van der Waals surface area contributed by atoms with Crippen molar-refractivity contribution in [2.75, 3.05) is 40.5 Å². The van der Waals surface area contributed by atoms with Crippen LogP contribution in [0, 0.1) is 10.1 Å². The van der Waals surface area contributed by atoms with Gasteiger partial charge in [0.25, 0.3) is 17.5 Å². The molecule has 0 saturated carbocycles. The average Bonchev–Trinajstić information content (AvgIpc) is 3.24. The summed E-state index contributed by atoms with van der Waals surface area (Å²) >= 11 is 7.12. The number of rotatable bonds is 13. The van der Waals surface area contributed by atoms with Gasteiger partial charge in [0.05, 0.1) is 11.5 Å². The van der Waals surface area contributed by atoms with Crippen LogP contribution in [-0.4, -0.2) is 67.1 Å². The van der Waals surface area contributed by atoms with Gasteiger partial charge < -0.3 is 19.7 Å². The molecule has 2 amide bonds. The van der Waals surface area contributed by atoms with Crippen LogP contribution in [0.15, 0.2) is 23.6 Å². The third-order valence-corrected chi connectivity index (χ3v) is 5.53. The summed E-state index contributed by atoms with van der Waals surface area (Å²) in [6.45, 7) is 1.96. The van der Waals surface area contributed by atoms with Gasteiger partial charge in [-0.15, -0.1) is 11.3 Å². The van der Waals surface area contributed by atoms with Gasteiger partial charge in [-0.05, 0) is 25.0 Å². The average molecular weight is 485 g/mol. The molecular weight excluding hydrogens is 460 g/mol. The number of thiazole rings is 1. The minimum Gasteiger partial charge on any atom is -0.385 e. The van der Waals surface area contributed by atoms with Crippen molar-refractivity contribution >= 4 is 40.4 Å². The molecule has 1 aromatic carbocycles. The smallest absolute Gasteiger partial charge is 0.288 e. The van der Waals surface area contributed by atoms with E-state index in [1.54, 1.807) is 19.6 Å². The standard InChI is InChI=1S/C20H25ClN4O6S/c1-30-9-3-7-22-19(26)16-13-32-18(23-16)12-24(8-4-10-31-2)20(27)14-5-6-15(21)17(11-14)25(28)29/h5-6,11,13H,3-4,7-10,12H2,1-2H3,(H,22,26). The maximum Gasteiger partial charge on any atom is 0.288 e. The van der Waals surface area contributed by atoms with E-state index in [-0.39, 0.29) is 34.4 Å². The fourth-order valence-corrected chi connectivity index (χ4v) is 3.76. The Balaban J connectivity index is 2.13. The summed E-state index contributed by atoms with van der Waals surface area (Å²) in [6, 6.07) is 3.94. The van der Waals surface area contributed by atoms with E-state index < -0.39 is 10.8 Å². The molecule has 0 unspecified atom stereocenters. The van der Waals surface area contributed by atoms with Gasteiger partial charge in [0.1, 0.15) is 15.7 Å². The molecule has 0 bridgehead atoms. The summed E-state index contributed by atoms with van der Waals surface area (Å²) in [5.74, 6) is -0.698. The molecule has 0 saturated heterocycles. The molecular formula is C20H25ClN4O6S. The lowest BCUT2D eigenvalue weighted by Crippen LogP contribution is -2.32. The fourth-order valence-electron chi connectivity index (χ4n) is 2.78. The molecule has 32 heavy (non-hydrogen) atoms. The van der Waals surface area contributed by atoms with Crippen molar-refractivity contribution in [3.05, 3.63) is 55.0 Å². The highest BCUT2D eigenvalue weighted by atomic mass is 35.5. The van der Waals surface area contributed by atoms with E-state index in [1.807, 2.05) is 0 Å². The number of ether oxygens (including phenoxy) is 2. The first-order valence-corrected chi connectivity index (χ1v) is 11.1. The van der Waals surface area contributed by atoms with Crippen LogP contribution in [0.1, 0.15) is 38.7 Å². The molecule has 1 N–H and O–H groups in total. The van der Waals surface area contributed by atoms with Crippen molar-refractivity contribution < 1.29 is 24.0 Å². The Morgan fingerprint density at radius 3 is 2.66 bits per heavy atom. The van der Waals surface area contributed by atoms with Gasteiger partial charge in [0.15, 0.2) is 0 Å². The molecule has 2 aromatic rings. The number of carbonyl (C=O) groups excluding carboxylic acids is 2. The Morgan fingerprint density at radius 2 is 1.97 bits per heavy atom. The zero-order valence-corrected chi connectivity index (χ0v) is 19.4. The van der Waals surface area contributed by atoms with E-state index in [0.717, 1.165) is 6.07 Å². The molecule has 12 heteroatoms. The maximum absolute atomic E-state index is 13.1. The van der Waals surface area contributed by atoms with Crippen LogP contribution in [-0.2, 0) is 16.0 Å². The molecule has 1 aromatic heterocycles. The predicted molar refractivity (Wildman–Crippen MR) is 120 cm³/mol. The van der Waals surface area contributed by atoms with Crippen LogP contribution in [0.4, 0.5) is 5.69 Å². The molecule has 0 aliphatic carbocycles. The van der Waals surface area contributed by atoms with Crippen molar-refractivity contribution in [3.63, 3.8) is 0 Å². The summed E-state index contributed by atoms with van der Waals surface area (Å²) in [5.41, 5.74) is 0.0797. The van der Waals surface area contributed by atoms with Crippen molar-refractivity contribution in [1.82, 2.24) is 15.2 Å². The van der Waals surface area contributed by atoms with Crippen molar-refractivity contribution in [2.45, 2.75) is 19.4 Å². The van der Waals surface area contributed by atoms with E-state index in [2.05, 4.69) is 10.3 Å². The second-order valence-electron chi connectivity index (χ2n) is 6.73. The number of nitro groups is 1. The molecule has 0 aliphatic rings. The molecule has 1 heterocycles. The minimum absolute atomic E-state index is 0.0430. The Hall–Kier alpha value is -2.60. The van der Waals surface area contributed by atoms with Crippen LogP contribution >= 0.6 is 22.9 Å². The van der Waals surface area contributed by atoms with Gasteiger partial charge in [0, 0.05) is 57.5 Å². The van der Waals surface area contributed by atoms with Gasteiger partial charge in [-0.25, -0.2) is 4.98 Å². The van der Waals surface area contributed by atoms with E-state index in [9.17, 15) is 19.7 Å². The second-order valence-corrected chi connectivity index (χ2v) is 8.07. The number of halogens is 1. The summed E-state index contributed by atoms with van der Waals surface area (Å²) in [7, 11) is 3.16. The summed E-state index contributed by atoms with van der Waals surface area (Å²) in [6.07, 6.45) is 1.25. The van der Waals surface area contributed by atoms with E-state index in [1.165, 1.54) is 28.4 Å². The topological polar surface area (TPSA) is 124 Å². The Kier molecular flexibility index (Phi) is 10.5. The Labute approximate surface area is 194 Å². The zero-order valence-electron chi connectivity index (χ0n) is 17.8. The number of hydrogen-bond donors (Lipinski definition) is 1. The van der Waals surface area contributed by atoms with Crippen molar-refractivity contribution in [2.24, 2.45) is 0 Å². The number of benzene rings is 1. The number of nitrogens with zero attached hydrogens (tertiary/aromatic N) is 3. The fraction of sp³-hybridized carbons (Fsp3) is 0.450. The summed E-state index contributed by atoms with van der Waals surface area (Å²) in [5, 5.41) is 16.1. The maximum atomic E-state index is 13.1. The second kappa shape index (κ2) is 13.1. The monoisotopic (exact) mass is 484 g/mol.